The van der Waals surface area contributed by atoms with Gasteiger partial charge < -0.3 is 5.32 Å². The third kappa shape index (κ3) is 3.17. The Morgan fingerprint density at radius 2 is 1.96 bits per heavy atom. The summed E-state index contributed by atoms with van der Waals surface area (Å²) in [4.78, 5) is 13.1. The Labute approximate surface area is 159 Å². The van der Waals surface area contributed by atoms with Gasteiger partial charge in [0.1, 0.15) is 0 Å². The molecule has 0 radical (unpaired) electrons. The van der Waals surface area contributed by atoms with E-state index in [0.29, 0.717) is 16.7 Å². The van der Waals surface area contributed by atoms with Crippen molar-refractivity contribution in [1.29, 1.82) is 0 Å². The molecule has 0 aliphatic heterocycles. The first-order valence-electron chi connectivity index (χ1n) is 9.69. The molecular formula is C20H30BrN3O. The lowest BCUT2D eigenvalue weighted by atomic mass is 9.40. The fourth-order valence-electron chi connectivity index (χ4n) is 6.94. The van der Waals surface area contributed by atoms with Gasteiger partial charge in [-0.1, -0.05) is 13.8 Å². The first kappa shape index (κ1) is 17.6. The van der Waals surface area contributed by atoms with E-state index in [9.17, 15) is 4.79 Å². The van der Waals surface area contributed by atoms with Crippen LogP contribution in [0.1, 0.15) is 64.5 Å². The van der Waals surface area contributed by atoms with E-state index < -0.39 is 0 Å². The van der Waals surface area contributed by atoms with Crippen LogP contribution in [0.2, 0.25) is 0 Å². The summed E-state index contributed by atoms with van der Waals surface area (Å²) in [5, 5.41) is 7.73. The molecule has 1 heterocycles. The van der Waals surface area contributed by atoms with Crippen molar-refractivity contribution >= 4 is 21.8 Å². The van der Waals surface area contributed by atoms with E-state index in [-0.39, 0.29) is 5.41 Å². The number of halogens is 1. The number of aromatic nitrogens is 2. The van der Waals surface area contributed by atoms with E-state index in [1.807, 2.05) is 17.8 Å². The van der Waals surface area contributed by atoms with Crippen LogP contribution in [0.4, 0.5) is 0 Å². The zero-order valence-electron chi connectivity index (χ0n) is 15.7. The van der Waals surface area contributed by atoms with Crippen molar-refractivity contribution in [1.82, 2.24) is 15.1 Å². The molecule has 1 N–H and O–H groups in total. The van der Waals surface area contributed by atoms with E-state index in [4.69, 9.17) is 0 Å². The Hall–Kier alpha value is -0.840. The van der Waals surface area contributed by atoms with Crippen molar-refractivity contribution in [3.05, 3.63) is 16.4 Å². The van der Waals surface area contributed by atoms with Gasteiger partial charge in [0.05, 0.1) is 15.6 Å². The summed E-state index contributed by atoms with van der Waals surface area (Å²) in [7, 11) is 0. The highest BCUT2D eigenvalue weighted by Crippen LogP contribution is 2.69. The van der Waals surface area contributed by atoms with Gasteiger partial charge in [0.15, 0.2) is 0 Å². The molecule has 4 aliphatic rings. The van der Waals surface area contributed by atoms with Gasteiger partial charge in [-0.2, -0.15) is 5.10 Å². The molecule has 2 atom stereocenters. The lowest BCUT2D eigenvalue weighted by molar-refractivity contribution is -0.170. The minimum Gasteiger partial charge on any atom is -0.356 e. The molecule has 5 heteroatoms. The number of carbonyl (C=O) groups excluding carboxylic acids is 1. The SMILES string of the molecule is Cc1nn(CCCNC(=O)C23CC4CC(C)(CC(C)(C4)C2)C3)cc1Br. The Morgan fingerprint density at radius 3 is 2.52 bits per heavy atom. The summed E-state index contributed by atoms with van der Waals surface area (Å²) in [6.07, 6.45) is 10.3. The number of nitrogens with zero attached hydrogens (tertiary/aromatic N) is 2. The largest absolute Gasteiger partial charge is 0.356 e. The van der Waals surface area contributed by atoms with E-state index in [2.05, 4.69) is 40.2 Å². The van der Waals surface area contributed by atoms with Crippen molar-refractivity contribution in [3.63, 3.8) is 0 Å². The first-order valence-corrected chi connectivity index (χ1v) is 10.5. The molecule has 4 bridgehead atoms. The summed E-state index contributed by atoms with van der Waals surface area (Å²) < 4.78 is 3.00. The molecule has 4 saturated carbocycles. The maximum Gasteiger partial charge on any atom is 0.226 e. The number of hydrogen-bond donors (Lipinski definition) is 1. The fourth-order valence-corrected chi connectivity index (χ4v) is 7.26. The Kier molecular flexibility index (Phi) is 4.10. The predicted octanol–water partition coefficient (Wildman–Crippen LogP) is 4.46. The molecule has 4 fully saturated rings. The van der Waals surface area contributed by atoms with E-state index >= 15 is 0 Å². The highest BCUT2D eigenvalue weighted by molar-refractivity contribution is 9.10. The first-order chi connectivity index (χ1) is 11.7. The van der Waals surface area contributed by atoms with Crippen LogP contribution in [-0.2, 0) is 11.3 Å². The molecule has 0 spiro atoms. The average molecular weight is 408 g/mol. The van der Waals surface area contributed by atoms with Crippen LogP contribution in [0.15, 0.2) is 10.7 Å². The highest BCUT2D eigenvalue weighted by atomic mass is 79.9. The molecule has 25 heavy (non-hydrogen) atoms. The number of nitrogens with one attached hydrogen (secondary N) is 1. The second-order valence-electron chi connectivity index (χ2n) is 9.85. The topological polar surface area (TPSA) is 46.9 Å². The summed E-state index contributed by atoms with van der Waals surface area (Å²) >= 11 is 3.50. The molecule has 1 aromatic rings. The summed E-state index contributed by atoms with van der Waals surface area (Å²) in [5.74, 6) is 1.09. The lowest BCUT2D eigenvalue weighted by Gasteiger charge is -2.64. The van der Waals surface area contributed by atoms with Crippen molar-refractivity contribution in [2.75, 3.05) is 6.54 Å². The highest BCUT2D eigenvalue weighted by Gasteiger charge is 2.62. The van der Waals surface area contributed by atoms with Crippen LogP contribution >= 0.6 is 15.9 Å². The number of rotatable bonds is 5. The standard InChI is InChI=1S/C20H30BrN3O/c1-14-16(21)10-24(23-14)6-4-5-22-17(25)20-9-15-7-18(2,12-20)11-19(3,8-15)13-20/h10,15H,4-9,11-13H2,1-3H3,(H,22,25). The third-order valence-electron chi connectivity index (χ3n) is 6.84. The molecule has 4 aliphatic carbocycles. The zero-order valence-corrected chi connectivity index (χ0v) is 17.3. The summed E-state index contributed by atoms with van der Waals surface area (Å²) in [5.41, 5.74) is 1.71. The molecule has 0 saturated heterocycles. The number of amides is 1. The second kappa shape index (κ2) is 5.83. The smallest absolute Gasteiger partial charge is 0.226 e. The van der Waals surface area contributed by atoms with Crippen LogP contribution < -0.4 is 5.32 Å². The van der Waals surface area contributed by atoms with Crippen LogP contribution in [0, 0.1) is 29.1 Å². The molecular weight excluding hydrogens is 378 g/mol. The van der Waals surface area contributed by atoms with Gasteiger partial charge in [-0.3, -0.25) is 9.48 Å². The molecule has 1 amide bonds. The molecule has 1 aromatic heterocycles. The van der Waals surface area contributed by atoms with Crippen LogP contribution in [0.3, 0.4) is 0 Å². The Morgan fingerprint density at radius 1 is 1.28 bits per heavy atom. The van der Waals surface area contributed by atoms with E-state index in [0.717, 1.165) is 54.9 Å². The Balaban J connectivity index is 1.35. The quantitative estimate of drug-likeness (QED) is 0.732. The fraction of sp³-hybridized carbons (Fsp3) is 0.800. The summed E-state index contributed by atoms with van der Waals surface area (Å²) in [6, 6.07) is 0. The van der Waals surface area contributed by atoms with Crippen molar-refractivity contribution < 1.29 is 4.79 Å². The van der Waals surface area contributed by atoms with Crippen LogP contribution in [0.5, 0.6) is 0 Å². The molecule has 138 valence electrons. The third-order valence-corrected chi connectivity index (χ3v) is 7.62. The molecule has 5 rings (SSSR count). The Bertz CT molecular complexity index is 660. The normalized spacial score (nSPS) is 39.0. The van der Waals surface area contributed by atoms with Gasteiger partial charge in [-0.15, -0.1) is 0 Å². The van der Waals surface area contributed by atoms with E-state index in [1.165, 1.54) is 19.3 Å². The minimum atomic E-state index is -0.0891. The zero-order chi connectivity index (χ0) is 17.9. The van der Waals surface area contributed by atoms with Crippen LogP contribution in [-0.4, -0.2) is 22.2 Å². The minimum absolute atomic E-state index is 0.0891. The van der Waals surface area contributed by atoms with Gasteiger partial charge >= 0.3 is 0 Å². The maximum absolute atomic E-state index is 13.1. The van der Waals surface area contributed by atoms with Gasteiger partial charge in [0.2, 0.25) is 5.91 Å². The molecule has 2 unspecified atom stereocenters. The predicted molar refractivity (Wildman–Crippen MR) is 102 cm³/mol. The van der Waals surface area contributed by atoms with Crippen molar-refractivity contribution in [2.24, 2.45) is 22.2 Å². The molecule has 0 aromatic carbocycles. The van der Waals surface area contributed by atoms with E-state index in [1.54, 1.807) is 0 Å². The van der Waals surface area contributed by atoms with Gasteiger partial charge in [-0.25, -0.2) is 0 Å². The van der Waals surface area contributed by atoms with Gasteiger partial charge in [0.25, 0.3) is 0 Å². The lowest BCUT2D eigenvalue weighted by Crippen LogP contribution is -2.59. The maximum atomic E-state index is 13.1. The molecule has 4 nitrogen and oxygen atoms in total. The monoisotopic (exact) mass is 407 g/mol. The number of carbonyl (C=O) groups is 1. The van der Waals surface area contributed by atoms with Gasteiger partial charge in [0, 0.05) is 19.3 Å². The summed E-state index contributed by atoms with van der Waals surface area (Å²) in [6.45, 7) is 8.44. The average Bonchev–Trinajstić information content (AvgIpc) is 2.78. The van der Waals surface area contributed by atoms with Crippen molar-refractivity contribution in [2.45, 2.75) is 72.3 Å². The number of hydrogen-bond acceptors (Lipinski definition) is 2. The second-order valence-corrected chi connectivity index (χ2v) is 10.7. The van der Waals surface area contributed by atoms with Gasteiger partial charge in [-0.05, 0) is 84.5 Å². The number of aryl methyl sites for hydroxylation is 2. The van der Waals surface area contributed by atoms with Crippen LogP contribution in [0.25, 0.3) is 0 Å². The van der Waals surface area contributed by atoms with Crippen molar-refractivity contribution in [3.8, 4) is 0 Å².